The largest absolute Gasteiger partial charge is 0.370 e. The Hall–Kier alpha value is -0.610. The maximum atomic E-state index is 10.8. The molecule has 4 nitrogen and oxygen atoms in total. The number of likely N-dealkylation sites (tertiary alicyclic amines) is 1. The Morgan fingerprint density at radius 2 is 2.23 bits per heavy atom. The van der Waals surface area contributed by atoms with Crippen molar-refractivity contribution in [2.24, 2.45) is 11.5 Å². The molecule has 0 aromatic carbocycles. The number of primary amides is 1. The van der Waals surface area contributed by atoms with Crippen molar-refractivity contribution in [3.05, 3.63) is 0 Å². The molecule has 1 aliphatic heterocycles. The van der Waals surface area contributed by atoms with Crippen molar-refractivity contribution >= 4 is 5.91 Å². The predicted octanol–water partition coefficient (Wildman–Crippen LogP) is -0.573. The lowest BCUT2D eigenvalue weighted by Crippen LogP contribution is -2.46. The molecule has 1 saturated carbocycles. The van der Waals surface area contributed by atoms with E-state index in [4.69, 9.17) is 11.5 Å². The predicted molar refractivity (Wildman–Crippen MR) is 49.9 cm³/mol. The summed E-state index contributed by atoms with van der Waals surface area (Å²) in [5.74, 6) is -0.278. The van der Waals surface area contributed by atoms with Gasteiger partial charge in [-0.15, -0.1) is 0 Å². The van der Waals surface area contributed by atoms with Crippen LogP contribution in [0.1, 0.15) is 25.7 Å². The van der Waals surface area contributed by atoms with Gasteiger partial charge in [-0.2, -0.15) is 0 Å². The Labute approximate surface area is 78.2 Å². The first kappa shape index (κ1) is 8.97. The number of carbonyl (C=O) groups is 1. The van der Waals surface area contributed by atoms with Crippen molar-refractivity contribution in [1.29, 1.82) is 0 Å². The van der Waals surface area contributed by atoms with E-state index in [1.807, 2.05) is 0 Å². The Bertz CT molecular complexity index is 227. The lowest BCUT2D eigenvalue weighted by Gasteiger charge is -2.22. The van der Waals surface area contributed by atoms with E-state index in [1.54, 1.807) is 0 Å². The smallest absolute Gasteiger partial charge is 0.219 e. The third-order valence-corrected chi connectivity index (χ3v) is 3.00. The summed E-state index contributed by atoms with van der Waals surface area (Å²) in [6, 6.07) is 0.748. The normalized spacial score (nSPS) is 35.2. The quantitative estimate of drug-likeness (QED) is 0.615. The van der Waals surface area contributed by atoms with Crippen LogP contribution < -0.4 is 11.5 Å². The van der Waals surface area contributed by atoms with Crippen molar-refractivity contribution in [2.45, 2.75) is 37.3 Å². The van der Waals surface area contributed by atoms with Crippen LogP contribution in [0, 0.1) is 0 Å². The van der Waals surface area contributed by atoms with Crippen molar-refractivity contribution in [1.82, 2.24) is 4.90 Å². The van der Waals surface area contributed by atoms with E-state index < -0.39 is 0 Å². The van der Waals surface area contributed by atoms with Crippen LogP contribution in [0.3, 0.4) is 0 Å². The molecular formula is C9H17N3O. The highest BCUT2D eigenvalue weighted by Gasteiger charge is 2.41. The fraction of sp³-hybridized carbons (Fsp3) is 0.889. The van der Waals surface area contributed by atoms with E-state index in [9.17, 15) is 4.79 Å². The van der Waals surface area contributed by atoms with Crippen LogP contribution in [0.25, 0.3) is 0 Å². The summed E-state index contributed by atoms with van der Waals surface area (Å²) in [7, 11) is 0. The number of hydrogen-bond donors (Lipinski definition) is 2. The minimum atomic E-state index is -0.339. The third-order valence-electron chi connectivity index (χ3n) is 3.00. The van der Waals surface area contributed by atoms with Gasteiger partial charge in [-0.05, 0) is 19.3 Å². The molecule has 0 radical (unpaired) electrons. The van der Waals surface area contributed by atoms with E-state index in [-0.39, 0.29) is 11.4 Å². The Morgan fingerprint density at radius 3 is 2.77 bits per heavy atom. The van der Waals surface area contributed by atoms with Gasteiger partial charge in [-0.1, -0.05) is 0 Å². The molecule has 4 heteroatoms. The zero-order valence-electron chi connectivity index (χ0n) is 7.83. The second kappa shape index (κ2) is 2.96. The SMILES string of the molecule is NC(=O)CC1(N)CCN(C2CC2)C1. The average molecular weight is 183 g/mol. The second-order valence-corrected chi connectivity index (χ2v) is 4.46. The molecule has 4 N–H and O–H groups in total. The van der Waals surface area contributed by atoms with Crippen LogP contribution in [0.15, 0.2) is 0 Å². The molecule has 1 amide bonds. The van der Waals surface area contributed by atoms with Crippen LogP contribution in [-0.4, -0.2) is 35.5 Å². The van der Waals surface area contributed by atoms with Crippen LogP contribution in [0.2, 0.25) is 0 Å². The van der Waals surface area contributed by atoms with E-state index >= 15 is 0 Å². The van der Waals surface area contributed by atoms with E-state index in [0.717, 1.165) is 25.6 Å². The van der Waals surface area contributed by atoms with Gasteiger partial charge in [0.15, 0.2) is 0 Å². The van der Waals surface area contributed by atoms with E-state index in [0.29, 0.717) is 6.42 Å². The molecule has 13 heavy (non-hydrogen) atoms. The molecule has 2 aliphatic rings. The Balaban J connectivity index is 1.90. The molecule has 1 saturated heterocycles. The first-order valence-electron chi connectivity index (χ1n) is 4.90. The average Bonchev–Trinajstić information content (AvgIpc) is 2.75. The highest BCUT2D eigenvalue weighted by Crippen LogP contribution is 2.33. The summed E-state index contributed by atoms with van der Waals surface area (Å²) < 4.78 is 0. The van der Waals surface area contributed by atoms with Crippen LogP contribution in [-0.2, 0) is 4.79 Å². The molecule has 1 heterocycles. The first-order chi connectivity index (χ1) is 6.09. The lowest BCUT2D eigenvalue weighted by atomic mass is 9.95. The van der Waals surface area contributed by atoms with Gasteiger partial charge >= 0.3 is 0 Å². The van der Waals surface area contributed by atoms with Gasteiger partial charge in [0.1, 0.15) is 0 Å². The van der Waals surface area contributed by atoms with Gasteiger partial charge < -0.3 is 11.5 Å². The number of amides is 1. The molecule has 0 aromatic heterocycles. The highest BCUT2D eigenvalue weighted by molar-refractivity contribution is 5.75. The minimum absolute atomic E-state index is 0.278. The molecule has 2 rings (SSSR count). The lowest BCUT2D eigenvalue weighted by molar-refractivity contribution is -0.119. The summed E-state index contributed by atoms with van der Waals surface area (Å²) in [5.41, 5.74) is 10.9. The maximum absolute atomic E-state index is 10.8. The van der Waals surface area contributed by atoms with Gasteiger partial charge in [0.05, 0.1) is 0 Å². The molecule has 74 valence electrons. The van der Waals surface area contributed by atoms with Crippen molar-refractivity contribution in [3.8, 4) is 0 Å². The zero-order chi connectivity index (χ0) is 9.47. The van der Waals surface area contributed by atoms with Gasteiger partial charge in [0.2, 0.25) is 5.91 Å². The van der Waals surface area contributed by atoms with Crippen molar-refractivity contribution in [2.75, 3.05) is 13.1 Å². The standard InChI is InChI=1S/C9H17N3O/c10-8(13)5-9(11)3-4-12(6-9)7-1-2-7/h7H,1-6,11H2,(H2,10,13). The molecule has 2 fully saturated rings. The van der Waals surface area contributed by atoms with Gasteiger partial charge in [0.25, 0.3) is 0 Å². The second-order valence-electron chi connectivity index (χ2n) is 4.46. The van der Waals surface area contributed by atoms with E-state index in [2.05, 4.69) is 4.90 Å². The fourth-order valence-electron chi connectivity index (χ4n) is 2.17. The summed E-state index contributed by atoms with van der Waals surface area (Å²) in [5, 5.41) is 0. The molecule has 0 aromatic rings. The van der Waals surface area contributed by atoms with Crippen LogP contribution in [0.4, 0.5) is 0 Å². The molecular weight excluding hydrogens is 166 g/mol. The third kappa shape index (κ3) is 2.00. The van der Waals surface area contributed by atoms with Crippen molar-refractivity contribution < 1.29 is 4.79 Å². The van der Waals surface area contributed by atoms with Crippen LogP contribution in [0.5, 0.6) is 0 Å². The first-order valence-corrected chi connectivity index (χ1v) is 4.90. The summed E-state index contributed by atoms with van der Waals surface area (Å²) in [4.78, 5) is 13.2. The molecule has 1 aliphatic carbocycles. The molecule has 0 spiro atoms. The molecule has 1 atom stereocenters. The monoisotopic (exact) mass is 183 g/mol. The number of hydrogen-bond acceptors (Lipinski definition) is 3. The summed E-state index contributed by atoms with van der Waals surface area (Å²) in [6.07, 6.45) is 3.84. The fourth-order valence-corrected chi connectivity index (χ4v) is 2.17. The van der Waals surface area contributed by atoms with Gasteiger partial charge in [-0.3, -0.25) is 9.69 Å². The van der Waals surface area contributed by atoms with E-state index in [1.165, 1.54) is 12.8 Å². The van der Waals surface area contributed by atoms with Crippen LogP contribution >= 0.6 is 0 Å². The molecule has 0 bridgehead atoms. The summed E-state index contributed by atoms with van der Waals surface area (Å²) >= 11 is 0. The Kier molecular flexibility index (Phi) is 2.04. The zero-order valence-corrected chi connectivity index (χ0v) is 7.83. The minimum Gasteiger partial charge on any atom is -0.370 e. The number of nitrogens with two attached hydrogens (primary N) is 2. The van der Waals surface area contributed by atoms with Gasteiger partial charge in [-0.25, -0.2) is 0 Å². The number of rotatable bonds is 3. The van der Waals surface area contributed by atoms with Gasteiger partial charge in [0, 0.05) is 31.1 Å². The number of nitrogens with zero attached hydrogens (tertiary/aromatic N) is 1. The maximum Gasteiger partial charge on any atom is 0.219 e. The topological polar surface area (TPSA) is 72.3 Å². The highest BCUT2D eigenvalue weighted by atomic mass is 16.1. The van der Waals surface area contributed by atoms with Crippen molar-refractivity contribution in [3.63, 3.8) is 0 Å². The summed E-state index contributed by atoms with van der Waals surface area (Å²) in [6.45, 7) is 1.88. The Morgan fingerprint density at radius 1 is 1.54 bits per heavy atom. The number of carbonyl (C=O) groups excluding carboxylic acids is 1. The molecule has 1 unspecified atom stereocenters.